The normalized spacial score (nSPS) is 21.1. The molecule has 1 aliphatic heterocycles. The second-order valence-electron chi connectivity index (χ2n) is 5.67. The molecule has 0 unspecified atom stereocenters. The molecule has 0 amide bonds. The highest BCUT2D eigenvalue weighted by molar-refractivity contribution is 7.89. The van der Waals surface area contributed by atoms with Crippen molar-refractivity contribution < 1.29 is 13.2 Å². The minimum atomic E-state index is -3.39. The lowest BCUT2D eigenvalue weighted by atomic mass is 10.2. The lowest BCUT2D eigenvalue weighted by molar-refractivity contribution is 0.148. The second kappa shape index (κ2) is 6.44. The van der Waals surface area contributed by atoms with Crippen LogP contribution in [0.4, 0.5) is 0 Å². The Hall–Kier alpha value is -0.950. The van der Waals surface area contributed by atoms with E-state index in [0.717, 1.165) is 18.5 Å². The van der Waals surface area contributed by atoms with E-state index < -0.39 is 10.0 Å². The van der Waals surface area contributed by atoms with Crippen molar-refractivity contribution in [3.63, 3.8) is 0 Å². The van der Waals surface area contributed by atoms with Crippen molar-refractivity contribution >= 4 is 10.0 Å². The molecular formula is C15H22N2O3S. The highest BCUT2D eigenvalue weighted by atomic mass is 32.2. The Morgan fingerprint density at radius 3 is 2.62 bits per heavy atom. The number of hydrogen-bond donors (Lipinski definition) is 1. The van der Waals surface area contributed by atoms with E-state index in [2.05, 4.69) is 5.32 Å². The number of benzene rings is 1. The maximum absolute atomic E-state index is 12.6. The van der Waals surface area contributed by atoms with Gasteiger partial charge in [0.15, 0.2) is 0 Å². The van der Waals surface area contributed by atoms with Crippen LogP contribution in [0.15, 0.2) is 29.2 Å². The van der Waals surface area contributed by atoms with Crippen LogP contribution in [-0.4, -0.2) is 45.1 Å². The van der Waals surface area contributed by atoms with Gasteiger partial charge in [0.2, 0.25) is 10.0 Å². The van der Waals surface area contributed by atoms with Crippen LogP contribution in [-0.2, 0) is 21.3 Å². The third-order valence-corrected chi connectivity index (χ3v) is 5.83. The number of nitrogens with one attached hydrogen (secondary N) is 1. The summed E-state index contributed by atoms with van der Waals surface area (Å²) in [5.74, 6) is 0. The molecule has 2 aliphatic rings. The molecule has 5 nitrogen and oxygen atoms in total. The molecule has 0 radical (unpaired) electrons. The van der Waals surface area contributed by atoms with Crippen LogP contribution in [0.3, 0.4) is 0 Å². The molecule has 0 bridgehead atoms. The fourth-order valence-electron chi connectivity index (χ4n) is 2.44. The summed E-state index contributed by atoms with van der Waals surface area (Å²) in [5, 5.41) is 3.43. The fourth-order valence-corrected chi connectivity index (χ4v) is 3.90. The van der Waals surface area contributed by atoms with Crippen LogP contribution in [0.5, 0.6) is 0 Å². The fraction of sp³-hybridized carbons (Fsp3) is 0.600. The van der Waals surface area contributed by atoms with Crippen LogP contribution in [0.1, 0.15) is 24.8 Å². The van der Waals surface area contributed by atoms with Gasteiger partial charge in [0.05, 0.1) is 11.5 Å². The van der Waals surface area contributed by atoms with E-state index in [9.17, 15) is 8.42 Å². The molecule has 2 fully saturated rings. The van der Waals surface area contributed by atoms with Gasteiger partial charge in [-0.3, -0.25) is 0 Å². The molecule has 0 atom stereocenters. The van der Waals surface area contributed by atoms with Crippen molar-refractivity contribution in [2.45, 2.75) is 36.7 Å². The van der Waals surface area contributed by atoms with Crippen molar-refractivity contribution in [2.75, 3.05) is 26.3 Å². The molecule has 1 saturated heterocycles. The maximum atomic E-state index is 12.6. The maximum Gasteiger partial charge on any atom is 0.243 e. The predicted octanol–water partition coefficient (Wildman–Crippen LogP) is 1.35. The van der Waals surface area contributed by atoms with Gasteiger partial charge in [0, 0.05) is 32.3 Å². The van der Waals surface area contributed by atoms with E-state index >= 15 is 0 Å². The van der Waals surface area contributed by atoms with Gasteiger partial charge in [-0.25, -0.2) is 8.42 Å². The van der Waals surface area contributed by atoms with E-state index in [4.69, 9.17) is 4.74 Å². The van der Waals surface area contributed by atoms with Crippen LogP contribution in [0.25, 0.3) is 0 Å². The smallest absolute Gasteiger partial charge is 0.243 e. The lowest BCUT2D eigenvalue weighted by Gasteiger charge is -2.19. The summed E-state index contributed by atoms with van der Waals surface area (Å²) >= 11 is 0. The van der Waals surface area contributed by atoms with Gasteiger partial charge in [-0.1, -0.05) is 12.1 Å². The zero-order valence-electron chi connectivity index (χ0n) is 12.1. The third-order valence-electron chi connectivity index (χ3n) is 3.91. The van der Waals surface area contributed by atoms with Gasteiger partial charge in [-0.15, -0.1) is 0 Å². The molecule has 1 N–H and O–H groups in total. The van der Waals surface area contributed by atoms with Crippen molar-refractivity contribution in [2.24, 2.45) is 0 Å². The van der Waals surface area contributed by atoms with Gasteiger partial charge in [0.25, 0.3) is 0 Å². The van der Waals surface area contributed by atoms with Gasteiger partial charge < -0.3 is 10.1 Å². The molecule has 1 saturated carbocycles. The summed E-state index contributed by atoms with van der Waals surface area (Å²) in [4.78, 5) is 0.375. The SMILES string of the molecule is O=S(=O)(c1ccc(CNC2CC2)cc1)N1CCCOCC1. The predicted molar refractivity (Wildman–Crippen MR) is 80.5 cm³/mol. The van der Waals surface area contributed by atoms with E-state index in [1.54, 1.807) is 12.1 Å². The van der Waals surface area contributed by atoms with Gasteiger partial charge >= 0.3 is 0 Å². The third kappa shape index (κ3) is 3.83. The molecule has 116 valence electrons. The first-order valence-corrected chi connectivity index (χ1v) is 9.00. The molecule has 1 heterocycles. The Balaban J connectivity index is 1.68. The Morgan fingerprint density at radius 2 is 1.90 bits per heavy atom. The van der Waals surface area contributed by atoms with Crippen molar-refractivity contribution in [1.29, 1.82) is 0 Å². The minimum Gasteiger partial charge on any atom is -0.380 e. The average Bonchev–Trinajstić information content (AvgIpc) is 3.32. The first-order chi connectivity index (χ1) is 10.2. The van der Waals surface area contributed by atoms with Gasteiger partial charge in [0.1, 0.15) is 0 Å². The largest absolute Gasteiger partial charge is 0.380 e. The van der Waals surface area contributed by atoms with Crippen LogP contribution in [0.2, 0.25) is 0 Å². The first-order valence-electron chi connectivity index (χ1n) is 7.56. The molecule has 1 aromatic carbocycles. The standard InChI is InChI=1S/C15H22N2O3S/c18-21(19,17-8-1-10-20-11-9-17)15-6-2-13(3-7-15)12-16-14-4-5-14/h2-3,6-7,14,16H,1,4-5,8-12H2. The number of nitrogens with zero attached hydrogens (tertiary/aromatic N) is 1. The summed E-state index contributed by atoms with van der Waals surface area (Å²) in [5.41, 5.74) is 1.13. The van der Waals surface area contributed by atoms with Crippen molar-refractivity contribution in [3.8, 4) is 0 Å². The number of sulfonamides is 1. The van der Waals surface area contributed by atoms with Crippen LogP contribution < -0.4 is 5.32 Å². The number of ether oxygens (including phenoxy) is 1. The van der Waals surface area contributed by atoms with Crippen LogP contribution in [0, 0.1) is 0 Å². The van der Waals surface area contributed by atoms with Crippen molar-refractivity contribution in [3.05, 3.63) is 29.8 Å². The molecule has 0 spiro atoms. The zero-order chi connectivity index (χ0) is 14.7. The second-order valence-corrected chi connectivity index (χ2v) is 7.61. The summed E-state index contributed by atoms with van der Waals surface area (Å²) in [7, 11) is -3.39. The summed E-state index contributed by atoms with van der Waals surface area (Å²) in [6, 6.07) is 7.88. The van der Waals surface area contributed by atoms with E-state index in [1.165, 1.54) is 17.1 Å². The highest BCUT2D eigenvalue weighted by Gasteiger charge is 2.25. The van der Waals surface area contributed by atoms with E-state index in [-0.39, 0.29) is 0 Å². The molecule has 3 rings (SSSR count). The van der Waals surface area contributed by atoms with Crippen LogP contribution >= 0.6 is 0 Å². The molecule has 21 heavy (non-hydrogen) atoms. The summed E-state index contributed by atoms with van der Waals surface area (Å²) in [6.45, 7) is 2.89. The Labute approximate surface area is 126 Å². The van der Waals surface area contributed by atoms with E-state index in [0.29, 0.717) is 37.2 Å². The molecular weight excluding hydrogens is 288 g/mol. The molecule has 1 aromatic rings. The Kier molecular flexibility index (Phi) is 4.59. The topological polar surface area (TPSA) is 58.6 Å². The molecule has 6 heteroatoms. The average molecular weight is 310 g/mol. The number of hydrogen-bond acceptors (Lipinski definition) is 4. The first kappa shape index (κ1) is 15.0. The van der Waals surface area contributed by atoms with Crippen molar-refractivity contribution in [1.82, 2.24) is 9.62 Å². The quantitative estimate of drug-likeness (QED) is 0.892. The van der Waals surface area contributed by atoms with Gasteiger partial charge in [-0.05, 0) is 37.0 Å². The molecule has 0 aromatic heterocycles. The highest BCUT2D eigenvalue weighted by Crippen LogP contribution is 2.20. The summed E-state index contributed by atoms with van der Waals surface area (Å²) in [6.07, 6.45) is 3.26. The van der Waals surface area contributed by atoms with Gasteiger partial charge in [-0.2, -0.15) is 4.31 Å². The van der Waals surface area contributed by atoms with E-state index in [1.807, 2.05) is 12.1 Å². The zero-order valence-corrected chi connectivity index (χ0v) is 12.9. The molecule has 1 aliphatic carbocycles. The number of rotatable bonds is 5. The monoisotopic (exact) mass is 310 g/mol. The Bertz CT molecular complexity index is 559. The minimum absolute atomic E-state index is 0.375. The Morgan fingerprint density at radius 1 is 1.14 bits per heavy atom. The summed E-state index contributed by atoms with van der Waals surface area (Å²) < 4.78 is 32.0. The lowest BCUT2D eigenvalue weighted by Crippen LogP contribution is -2.33.